The summed E-state index contributed by atoms with van der Waals surface area (Å²) in [7, 11) is 0. The number of allylic oxidation sites excluding steroid dienone is 1. The number of hydrogen-bond donors (Lipinski definition) is 1. The Hall–Kier alpha value is -2.38. The van der Waals surface area contributed by atoms with Gasteiger partial charge in [-0.3, -0.25) is 14.2 Å². The number of benzene rings is 1. The van der Waals surface area contributed by atoms with E-state index in [1.807, 2.05) is 42.6 Å². The minimum atomic E-state index is -0.417. The zero-order valence-corrected chi connectivity index (χ0v) is 17.8. The van der Waals surface area contributed by atoms with Crippen molar-refractivity contribution in [3.05, 3.63) is 64.3 Å². The maximum atomic E-state index is 12.8. The summed E-state index contributed by atoms with van der Waals surface area (Å²) in [6.07, 6.45) is 1.66. The van der Waals surface area contributed by atoms with Crippen LogP contribution in [0.4, 0.5) is 5.69 Å². The molecule has 3 aromatic rings. The van der Waals surface area contributed by atoms with E-state index in [0.717, 1.165) is 11.3 Å². The van der Waals surface area contributed by atoms with Crippen molar-refractivity contribution in [2.24, 2.45) is 0 Å². The number of para-hydroxylation sites is 1. The van der Waals surface area contributed by atoms with Crippen molar-refractivity contribution in [2.45, 2.75) is 43.6 Å². The van der Waals surface area contributed by atoms with Crippen molar-refractivity contribution in [3.8, 4) is 0 Å². The van der Waals surface area contributed by atoms with E-state index < -0.39 is 5.25 Å². The Balaban J connectivity index is 1.85. The molecule has 1 atom stereocenters. The number of thiophene rings is 1. The smallest absolute Gasteiger partial charge is 0.272 e. The molecule has 1 aromatic carbocycles. The summed E-state index contributed by atoms with van der Waals surface area (Å²) in [6, 6.07) is 9.64. The fraction of sp³-hybridized carbons (Fsp3) is 0.286. The second-order valence-electron chi connectivity index (χ2n) is 6.73. The molecule has 1 unspecified atom stereocenters. The maximum Gasteiger partial charge on any atom is 0.272 e. The summed E-state index contributed by atoms with van der Waals surface area (Å²) in [5, 5.41) is 4.98. The number of hydrogen-bond acceptors (Lipinski definition) is 5. The van der Waals surface area contributed by atoms with Gasteiger partial charge in [0.1, 0.15) is 4.70 Å². The molecule has 0 aliphatic heterocycles. The van der Waals surface area contributed by atoms with Crippen molar-refractivity contribution >= 4 is 44.9 Å². The predicted octanol–water partition coefficient (Wildman–Crippen LogP) is 4.89. The summed E-state index contributed by atoms with van der Waals surface area (Å²) in [6.45, 7) is 10.1. The van der Waals surface area contributed by atoms with Gasteiger partial charge in [0.25, 0.3) is 5.56 Å². The van der Waals surface area contributed by atoms with Gasteiger partial charge in [0, 0.05) is 12.2 Å². The monoisotopic (exact) mass is 413 g/mol. The molecule has 146 valence electrons. The molecule has 1 N–H and O–H groups in total. The molecule has 3 rings (SSSR count). The highest BCUT2D eigenvalue weighted by atomic mass is 32.2. The van der Waals surface area contributed by atoms with E-state index in [4.69, 9.17) is 0 Å². The standard InChI is InChI=1S/C21H23N3O2S2/c1-5-11-24-20(26)18-17(10-12-27-18)23-21(24)28-14(4)19(25)22-16-9-7-6-8-15(16)13(2)3/h5-10,12-14H,1,11H2,2-4H3,(H,22,25). The van der Waals surface area contributed by atoms with Crippen LogP contribution in [0.5, 0.6) is 0 Å². The van der Waals surface area contributed by atoms with Gasteiger partial charge in [-0.15, -0.1) is 17.9 Å². The Bertz CT molecular complexity index is 1070. The number of anilines is 1. The molecule has 0 saturated carbocycles. The van der Waals surface area contributed by atoms with Gasteiger partial charge >= 0.3 is 0 Å². The number of carbonyl (C=O) groups excluding carboxylic acids is 1. The van der Waals surface area contributed by atoms with Gasteiger partial charge in [-0.05, 0) is 35.9 Å². The lowest BCUT2D eigenvalue weighted by Gasteiger charge is -2.17. The quantitative estimate of drug-likeness (QED) is 0.340. The molecule has 2 aromatic heterocycles. The lowest BCUT2D eigenvalue weighted by molar-refractivity contribution is -0.115. The van der Waals surface area contributed by atoms with E-state index in [0.29, 0.717) is 27.8 Å². The average molecular weight is 414 g/mol. The maximum absolute atomic E-state index is 12.8. The van der Waals surface area contributed by atoms with Gasteiger partial charge < -0.3 is 5.32 Å². The molecule has 1 amide bonds. The molecule has 0 aliphatic carbocycles. The normalized spacial score (nSPS) is 12.3. The number of carbonyl (C=O) groups is 1. The third-order valence-corrected chi connectivity index (χ3v) is 6.32. The van der Waals surface area contributed by atoms with Crippen LogP contribution in [-0.4, -0.2) is 20.7 Å². The van der Waals surface area contributed by atoms with Crippen molar-refractivity contribution in [3.63, 3.8) is 0 Å². The first-order valence-corrected chi connectivity index (χ1v) is 10.8. The Morgan fingerprint density at radius 2 is 2.07 bits per heavy atom. The first-order valence-electron chi connectivity index (χ1n) is 9.07. The van der Waals surface area contributed by atoms with Crippen LogP contribution in [0.1, 0.15) is 32.3 Å². The van der Waals surface area contributed by atoms with E-state index in [9.17, 15) is 9.59 Å². The molecule has 0 radical (unpaired) electrons. The van der Waals surface area contributed by atoms with Crippen LogP contribution in [0.25, 0.3) is 10.2 Å². The molecule has 2 heterocycles. The van der Waals surface area contributed by atoms with Crippen LogP contribution in [0.2, 0.25) is 0 Å². The Kier molecular flexibility index (Phi) is 6.36. The zero-order chi connectivity index (χ0) is 20.3. The minimum Gasteiger partial charge on any atom is -0.325 e. The highest BCUT2D eigenvalue weighted by Crippen LogP contribution is 2.27. The van der Waals surface area contributed by atoms with E-state index in [1.165, 1.54) is 23.1 Å². The number of amides is 1. The molecule has 0 bridgehead atoms. The molecule has 0 fully saturated rings. The Morgan fingerprint density at radius 3 is 2.79 bits per heavy atom. The van der Waals surface area contributed by atoms with Crippen molar-refractivity contribution in [1.82, 2.24) is 9.55 Å². The van der Waals surface area contributed by atoms with Gasteiger partial charge in [-0.25, -0.2) is 4.98 Å². The third kappa shape index (κ3) is 4.20. The average Bonchev–Trinajstić information content (AvgIpc) is 3.13. The number of thioether (sulfide) groups is 1. The lowest BCUT2D eigenvalue weighted by atomic mass is 10.0. The van der Waals surface area contributed by atoms with Gasteiger partial charge in [0.15, 0.2) is 5.16 Å². The van der Waals surface area contributed by atoms with Crippen molar-refractivity contribution in [2.75, 3.05) is 5.32 Å². The summed E-state index contributed by atoms with van der Waals surface area (Å²) in [4.78, 5) is 30.1. The number of aromatic nitrogens is 2. The van der Waals surface area contributed by atoms with Gasteiger partial charge in [0.2, 0.25) is 5.91 Å². The largest absolute Gasteiger partial charge is 0.325 e. The van der Waals surface area contributed by atoms with Gasteiger partial charge in [-0.2, -0.15) is 0 Å². The molecule has 0 saturated heterocycles. The Morgan fingerprint density at radius 1 is 1.32 bits per heavy atom. The van der Waals surface area contributed by atoms with Crippen LogP contribution in [0.15, 0.2) is 58.3 Å². The second kappa shape index (κ2) is 8.75. The summed E-state index contributed by atoms with van der Waals surface area (Å²) >= 11 is 2.66. The van der Waals surface area contributed by atoms with Crippen LogP contribution < -0.4 is 10.9 Å². The summed E-state index contributed by atoms with van der Waals surface area (Å²) < 4.78 is 2.19. The number of fused-ring (bicyclic) bond motifs is 1. The SMILES string of the molecule is C=CCn1c(SC(C)C(=O)Nc2ccccc2C(C)C)nc2ccsc2c1=O. The van der Waals surface area contributed by atoms with Crippen molar-refractivity contribution in [1.29, 1.82) is 0 Å². The Labute approximate surface area is 172 Å². The van der Waals surface area contributed by atoms with Crippen LogP contribution in [-0.2, 0) is 11.3 Å². The zero-order valence-electron chi connectivity index (χ0n) is 16.1. The molecule has 5 nitrogen and oxygen atoms in total. The minimum absolute atomic E-state index is 0.0971. The van der Waals surface area contributed by atoms with Gasteiger partial charge in [0.05, 0.1) is 10.8 Å². The number of nitrogens with one attached hydrogen (secondary N) is 1. The van der Waals surface area contributed by atoms with E-state index in [-0.39, 0.29) is 11.5 Å². The van der Waals surface area contributed by atoms with Crippen LogP contribution in [0, 0.1) is 0 Å². The van der Waals surface area contributed by atoms with Gasteiger partial charge in [-0.1, -0.05) is 49.9 Å². The molecular weight excluding hydrogens is 390 g/mol. The number of rotatable bonds is 7. The van der Waals surface area contributed by atoms with Crippen molar-refractivity contribution < 1.29 is 4.79 Å². The van der Waals surface area contributed by atoms with E-state index in [2.05, 4.69) is 30.7 Å². The lowest BCUT2D eigenvalue weighted by Crippen LogP contribution is -2.26. The molecule has 28 heavy (non-hydrogen) atoms. The highest BCUT2D eigenvalue weighted by molar-refractivity contribution is 8.00. The second-order valence-corrected chi connectivity index (χ2v) is 8.95. The van der Waals surface area contributed by atoms with E-state index in [1.54, 1.807) is 10.6 Å². The third-order valence-electron chi connectivity index (χ3n) is 4.33. The van der Waals surface area contributed by atoms with E-state index >= 15 is 0 Å². The first kappa shape index (κ1) is 20.4. The fourth-order valence-electron chi connectivity index (χ4n) is 2.86. The summed E-state index contributed by atoms with van der Waals surface area (Å²) in [5.74, 6) is 0.183. The molecule has 0 spiro atoms. The van der Waals surface area contributed by atoms with Crippen LogP contribution in [0.3, 0.4) is 0 Å². The fourth-order valence-corrected chi connectivity index (χ4v) is 4.56. The summed E-state index contributed by atoms with van der Waals surface area (Å²) in [5.41, 5.74) is 2.48. The number of nitrogens with zero attached hydrogens (tertiary/aromatic N) is 2. The molecule has 7 heteroatoms. The predicted molar refractivity (Wildman–Crippen MR) is 119 cm³/mol. The highest BCUT2D eigenvalue weighted by Gasteiger charge is 2.20. The molecule has 0 aliphatic rings. The van der Waals surface area contributed by atoms with Crippen LogP contribution >= 0.6 is 23.1 Å². The molecular formula is C21H23N3O2S2. The first-order chi connectivity index (χ1) is 13.4. The topological polar surface area (TPSA) is 64.0 Å².